The Balaban J connectivity index is 1.38. The highest BCUT2D eigenvalue weighted by Gasteiger charge is 2.25. The van der Waals surface area contributed by atoms with Crippen molar-refractivity contribution in [2.45, 2.75) is 32.7 Å². The molecule has 0 saturated carbocycles. The maximum absolute atomic E-state index is 12.5. The summed E-state index contributed by atoms with van der Waals surface area (Å²) in [6, 6.07) is 11.9. The van der Waals surface area contributed by atoms with Crippen LogP contribution in [0.15, 0.2) is 53.3 Å². The molecule has 1 saturated heterocycles. The molecular formula is C21H24N4O2. The van der Waals surface area contributed by atoms with Crippen LogP contribution in [0.2, 0.25) is 0 Å². The highest BCUT2D eigenvalue weighted by molar-refractivity contribution is 5.76. The number of nitrogens with zero attached hydrogens (tertiary/aromatic N) is 4. The predicted molar refractivity (Wildman–Crippen MR) is 102 cm³/mol. The second kappa shape index (κ2) is 7.78. The predicted octanol–water partition coefficient (Wildman–Crippen LogP) is 3.33. The van der Waals surface area contributed by atoms with Gasteiger partial charge < -0.3 is 14.0 Å². The first-order chi connectivity index (χ1) is 13.2. The summed E-state index contributed by atoms with van der Waals surface area (Å²) in [5.41, 5.74) is 2.13. The summed E-state index contributed by atoms with van der Waals surface area (Å²) in [7, 11) is 0. The van der Waals surface area contributed by atoms with Crippen LogP contribution in [0.5, 0.6) is 0 Å². The number of carbonyl (C=O) groups is 1. The molecule has 1 fully saturated rings. The number of aryl methyl sites for hydroxylation is 1. The zero-order valence-corrected chi connectivity index (χ0v) is 15.5. The van der Waals surface area contributed by atoms with Gasteiger partial charge in [-0.05, 0) is 43.4 Å². The van der Waals surface area contributed by atoms with Gasteiger partial charge in [-0.3, -0.25) is 4.79 Å². The van der Waals surface area contributed by atoms with Gasteiger partial charge in [0.2, 0.25) is 17.6 Å². The molecule has 4 rings (SSSR count). The highest BCUT2D eigenvalue weighted by Crippen LogP contribution is 2.24. The molecular weight excluding hydrogens is 340 g/mol. The standard InChI is InChI=1S/C21H24N4O2/c1-16-7-2-3-9-18(16)21-22-19(27-23-21)13-17-8-6-12-25(14-17)20(26)15-24-10-4-5-11-24/h2-5,7,9-11,17H,6,8,12-15H2,1H3/t17-/m1/s1. The molecule has 140 valence electrons. The van der Waals surface area contributed by atoms with Crippen molar-refractivity contribution in [1.29, 1.82) is 0 Å². The van der Waals surface area contributed by atoms with Gasteiger partial charge in [0.1, 0.15) is 6.54 Å². The minimum Gasteiger partial charge on any atom is -0.345 e. The fourth-order valence-electron chi connectivity index (χ4n) is 3.71. The summed E-state index contributed by atoms with van der Waals surface area (Å²) in [6.07, 6.45) is 6.65. The number of rotatable bonds is 5. The molecule has 1 aliphatic heterocycles. The third kappa shape index (κ3) is 4.10. The van der Waals surface area contributed by atoms with E-state index in [-0.39, 0.29) is 5.91 Å². The van der Waals surface area contributed by atoms with Crippen LogP contribution in [-0.2, 0) is 17.8 Å². The molecule has 6 heteroatoms. The molecule has 2 aromatic heterocycles. The largest absolute Gasteiger partial charge is 0.345 e. The van der Waals surface area contributed by atoms with Crippen molar-refractivity contribution in [3.63, 3.8) is 0 Å². The number of amides is 1. The van der Waals surface area contributed by atoms with Crippen molar-refractivity contribution in [2.24, 2.45) is 5.92 Å². The molecule has 0 spiro atoms. The van der Waals surface area contributed by atoms with Crippen molar-refractivity contribution in [3.05, 3.63) is 60.2 Å². The van der Waals surface area contributed by atoms with E-state index in [0.29, 0.717) is 30.6 Å². The van der Waals surface area contributed by atoms with Crippen LogP contribution in [-0.4, -0.2) is 38.6 Å². The van der Waals surface area contributed by atoms with Crippen LogP contribution in [0.4, 0.5) is 0 Å². The zero-order valence-electron chi connectivity index (χ0n) is 15.5. The van der Waals surface area contributed by atoms with E-state index < -0.39 is 0 Å². The van der Waals surface area contributed by atoms with Gasteiger partial charge in [0, 0.05) is 37.5 Å². The highest BCUT2D eigenvalue weighted by atomic mass is 16.5. The molecule has 27 heavy (non-hydrogen) atoms. The van der Waals surface area contributed by atoms with Crippen LogP contribution in [0.1, 0.15) is 24.3 Å². The van der Waals surface area contributed by atoms with E-state index in [4.69, 9.17) is 4.52 Å². The summed E-state index contributed by atoms with van der Waals surface area (Å²) < 4.78 is 7.40. The minimum atomic E-state index is 0.169. The number of likely N-dealkylation sites (tertiary alicyclic amines) is 1. The lowest BCUT2D eigenvalue weighted by atomic mass is 9.94. The van der Waals surface area contributed by atoms with Gasteiger partial charge in [0.15, 0.2) is 0 Å². The fraction of sp³-hybridized carbons (Fsp3) is 0.381. The van der Waals surface area contributed by atoms with Gasteiger partial charge in [0.05, 0.1) is 0 Å². The van der Waals surface area contributed by atoms with E-state index >= 15 is 0 Å². The number of piperidine rings is 1. The molecule has 0 unspecified atom stereocenters. The Kier molecular flexibility index (Phi) is 5.05. The SMILES string of the molecule is Cc1ccccc1-c1noc(C[C@H]2CCCN(C(=O)Cn3cccc3)C2)n1. The lowest BCUT2D eigenvalue weighted by molar-refractivity contribution is -0.133. The van der Waals surface area contributed by atoms with Crippen LogP contribution < -0.4 is 0 Å². The number of carbonyl (C=O) groups excluding carboxylic acids is 1. The molecule has 1 aromatic carbocycles. The Hall–Kier alpha value is -2.89. The van der Waals surface area contributed by atoms with E-state index in [1.54, 1.807) is 0 Å². The summed E-state index contributed by atoms with van der Waals surface area (Å²) in [5, 5.41) is 4.15. The molecule has 0 radical (unpaired) electrons. The van der Waals surface area contributed by atoms with Gasteiger partial charge in [-0.1, -0.05) is 29.4 Å². The van der Waals surface area contributed by atoms with Crippen LogP contribution in [0.3, 0.4) is 0 Å². The van der Waals surface area contributed by atoms with Crippen molar-refractivity contribution in [1.82, 2.24) is 19.6 Å². The first kappa shape index (κ1) is 17.5. The Labute approximate surface area is 158 Å². The molecule has 0 aliphatic carbocycles. The van der Waals surface area contributed by atoms with E-state index in [2.05, 4.69) is 10.1 Å². The Bertz CT molecular complexity index is 901. The molecule has 6 nitrogen and oxygen atoms in total. The Morgan fingerprint density at radius 2 is 2.04 bits per heavy atom. The monoisotopic (exact) mass is 364 g/mol. The molecule has 0 N–H and O–H groups in total. The van der Waals surface area contributed by atoms with Crippen molar-refractivity contribution in [2.75, 3.05) is 13.1 Å². The fourth-order valence-corrected chi connectivity index (χ4v) is 3.71. The maximum Gasteiger partial charge on any atom is 0.242 e. The average Bonchev–Trinajstić information content (AvgIpc) is 3.34. The third-order valence-corrected chi connectivity index (χ3v) is 5.17. The van der Waals surface area contributed by atoms with Crippen LogP contribution >= 0.6 is 0 Å². The van der Waals surface area contributed by atoms with E-state index in [9.17, 15) is 4.79 Å². The van der Waals surface area contributed by atoms with Crippen molar-refractivity contribution < 1.29 is 9.32 Å². The normalized spacial score (nSPS) is 17.2. The van der Waals surface area contributed by atoms with E-state index in [1.165, 1.54) is 0 Å². The second-order valence-electron chi connectivity index (χ2n) is 7.23. The zero-order chi connectivity index (χ0) is 18.6. The number of benzene rings is 1. The van der Waals surface area contributed by atoms with Gasteiger partial charge in [-0.2, -0.15) is 4.98 Å². The average molecular weight is 364 g/mol. The lowest BCUT2D eigenvalue weighted by Crippen LogP contribution is -2.42. The van der Waals surface area contributed by atoms with E-state index in [0.717, 1.165) is 37.1 Å². The minimum absolute atomic E-state index is 0.169. The first-order valence-corrected chi connectivity index (χ1v) is 9.46. The summed E-state index contributed by atoms with van der Waals surface area (Å²) in [4.78, 5) is 19.1. The molecule has 0 bridgehead atoms. The molecule has 1 atom stereocenters. The first-order valence-electron chi connectivity index (χ1n) is 9.46. The van der Waals surface area contributed by atoms with Crippen LogP contribution in [0, 0.1) is 12.8 Å². The Morgan fingerprint density at radius 1 is 1.22 bits per heavy atom. The molecule has 1 aliphatic rings. The van der Waals surface area contributed by atoms with Crippen LogP contribution in [0.25, 0.3) is 11.4 Å². The smallest absolute Gasteiger partial charge is 0.242 e. The molecule has 1 amide bonds. The Morgan fingerprint density at radius 3 is 2.85 bits per heavy atom. The third-order valence-electron chi connectivity index (χ3n) is 5.17. The summed E-state index contributed by atoms with van der Waals surface area (Å²) >= 11 is 0. The molecule has 3 heterocycles. The van der Waals surface area contributed by atoms with E-state index in [1.807, 2.05) is 65.2 Å². The number of hydrogen-bond donors (Lipinski definition) is 0. The number of hydrogen-bond acceptors (Lipinski definition) is 4. The quantitative estimate of drug-likeness (QED) is 0.697. The van der Waals surface area contributed by atoms with Gasteiger partial charge in [-0.25, -0.2) is 0 Å². The second-order valence-corrected chi connectivity index (χ2v) is 7.23. The summed E-state index contributed by atoms with van der Waals surface area (Å²) in [6.45, 7) is 4.02. The van der Waals surface area contributed by atoms with Crippen molar-refractivity contribution >= 4 is 5.91 Å². The molecule has 3 aromatic rings. The van der Waals surface area contributed by atoms with Crippen molar-refractivity contribution in [3.8, 4) is 11.4 Å². The topological polar surface area (TPSA) is 64.2 Å². The van der Waals surface area contributed by atoms with Gasteiger partial charge in [0.25, 0.3) is 0 Å². The van der Waals surface area contributed by atoms with Gasteiger partial charge >= 0.3 is 0 Å². The maximum atomic E-state index is 12.5. The van der Waals surface area contributed by atoms with Gasteiger partial charge in [-0.15, -0.1) is 0 Å². The lowest BCUT2D eigenvalue weighted by Gasteiger charge is -2.32. The summed E-state index contributed by atoms with van der Waals surface area (Å²) in [5.74, 6) is 1.82. The number of aromatic nitrogens is 3.